The number of nitrogens with one attached hydrogen (secondary N) is 1. The van der Waals surface area contributed by atoms with E-state index in [0.29, 0.717) is 12.8 Å². The molecule has 0 fully saturated rings. The van der Waals surface area contributed by atoms with Crippen LogP contribution in [0.1, 0.15) is 19.8 Å². The Balaban J connectivity index is 2.78. The maximum atomic E-state index is 12.6. The van der Waals surface area contributed by atoms with Crippen molar-refractivity contribution in [2.45, 2.75) is 19.8 Å². The van der Waals surface area contributed by atoms with Crippen LogP contribution in [0.5, 0.6) is 0 Å². The second-order valence-corrected chi connectivity index (χ2v) is 2.71. The van der Waals surface area contributed by atoms with Gasteiger partial charge < -0.3 is 5.32 Å². The molecular weight excluding hydrogens is 161 g/mol. The van der Waals surface area contributed by atoms with Crippen LogP contribution < -0.4 is 5.32 Å². The van der Waals surface area contributed by atoms with Gasteiger partial charge in [0, 0.05) is 6.20 Å². The average molecular weight is 171 g/mol. The largest absolute Gasteiger partial charge is 0.329 e. The van der Waals surface area contributed by atoms with Crippen LogP contribution in [0.4, 0.5) is 4.39 Å². The Morgan fingerprint density at radius 1 is 1.58 bits per heavy atom. The van der Waals surface area contributed by atoms with Crippen molar-refractivity contribution in [1.29, 1.82) is 0 Å². The lowest BCUT2D eigenvalue weighted by molar-refractivity contribution is -0.133. The van der Waals surface area contributed by atoms with Crippen LogP contribution in [0, 0.1) is 5.92 Å². The fourth-order valence-corrected chi connectivity index (χ4v) is 1.14. The Kier molecular flexibility index (Phi) is 2.58. The van der Waals surface area contributed by atoms with Gasteiger partial charge in [-0.3, -0.25) is 9.59 Å². The van der Waals surface area contributed by atoms with E-state index in [2.05, 4.69) is 5.32 Å². The highest BCUT2D eigenvalue weighted by molar-refractivity contribution is 6.11. The lowest BCUT2D eigenvalue weighted by atomic mass is 9.95. The number of carbonyl (C=O) groups is 2. The maximum Gasteiger partial charge on any atom is 0.235 e. The molecule has 3 nitrogen and oxygen atoms in total. The SMILES string of the molecule is CCCC1C(=O)NC=C(F)C1=O. The van der Waals surface area contributed by atoms with Crippen LogP contribution in [0.15, 0.2) is 12.0 Å². The summed E-state index contributed by atoms with van der Waals surface area (Å²) in [6, 6.07) is 0. The average Bonchev–Trinajstić information content (AvgIpc) is 2.06. The van der Waals surface area contributed by atoms with E-state index in [-0.39, 0.29) is 0 Å². The number of rotatable bonds is 2. The molecule has 1 unspecified atom stereocenters. The van der Waals surface area contributed by atoms with Gasteiger partial charge in [-0.15, -0.1) is 0 Å². The second kappa shape index (κ2) is 3.47. The third kappa shape index (κ3) is 1.52. The van der Waals surface area contributed by atoms with Crippen molar-refractivity contribution < 1.29 is 14.0 Å². The van der Waals surface area contributed by atoms with Crippen LogP contribution in [0.2, 0.25) is 0 Å². The fraction of sp³-hybridized carbons (Fsp3) is 0.500. The van der Waals surface area contributed by atoms with Crippen molar-refractivity contribution >= 4 is 11.7 Å². The van der Waals surface area contributed by atoms with E-state index in [1.165, 1.54) is 0 Å². The molecule has 0 saturated carbocycles. The van der Waals surface area contributed by atoms with Gasteiger partial charge in [-0.25, -0.2) is 4.39 Å². The van der Waals surface area contributed by atoms with Gasteiger partial charge in [0.2, 0.25) is 11.7 Å². The molecule has 0 radical (unpaired) electrons. The molecule has 1 N–H and O–H groups in total. The molecule has 1 aliphatic rings. The Morgan fingerprint density at radius 3 is 2.83 bits per heavy atom. The summed E-state index contributed by atoms with van der Waals surface area (Å²) in [5.74, 6) is -2.77. The molecule has 1 heterocycles. The molecule has 0 bridgehead atoms. The number of ketones is 1. The van der Waals surface area contributed by atoms with Crippen molar-refractivity contribution in [2.24, 2.45) is 5.92 Å². The minimum absolute atomic E-state index is 0.400. The number of Topliss-reactive ketones (excluding diaryl/α,β-unsaturated/α-hetero) is 1. The lowest BCUT2D eigenvalue weighted by Gasteiger charge is -2.16. The predicted molar refractivity (Wildman–Crippen MR) is 40.7 cm³/mol. The van der Waals surface area contributed by atoms with Crippen LogP contribution in [0.3, 0.4) is 0 Å². The molecule has 66 valence electrons. The third-order valence-electron chi connectivity index (χ3n) is 1.79. The minimum Gasteiger partial charge on any atom is -0.329 e. The zero-order valence-electron chi connectivity index (χ0n) is 6.76. The number of halogens is 1. The Morgan fingerprint density at radius 2 is 2.25 bits per heavy atom. The summed E-state index contributed by atoms with van der Waals surface area (Å²) in [6.45, 7) is 1.84. The van der Waals surface area contributed by atoms with Crippen molar-refractivity contribution in [3.05, 3.63) is 12.0 Å². The van der Waals surface area contributed by atoms with E-state index in [4.69, 9.17) is 0 Å². The highest BCUT2D eigenvalue weighted by atomic mass is 19.1. The van der Waals surface area contributed by atoms with E-state index in [9.17, 15) is 14.0 Å². The molecule has 1 rings (SSSR count). The molecule has 0 aromatic heterocycles. The molecule has 0 aliphatic carbocycles. The summed E-state index contributed by atoms with van der Waals surface area (Å²) in [5, 5.41) is 2.20. The van der Waals surface area contributed by atoms with E-state index in [1.807, 2.05) is 6.92 Å². The third-order valence-corrected chi connectivity index (χ3v) is 1.79. The maximum absolute atomic E-state index is 12.6. The summed E-state index contributed by atoms with van der Waals surface area (Å²) < 4.78 is 12.6. The van der Waals surface area contributed by atoms with Gasteiger partial charge in [-0.05, 0) is 6.42 Å². The van der Waals surface area contributed by atoms with E-state index in [1.54, 1.807) is 0 Å². The summed E-state index contributed by atoms with van der Waals surface area (Å²) in [6.07, 6.45) is 1.92. The van der Waals surface area contributed by atoms with E-state index in [0.717, 1.165) is 6.20 Å². The molecule has 0 aromatic carbocycles. The number of carbonyl (C=O) groups excluding carboxylic acids is 2. The predicted octanol–water partition coefficient (Wildman–Crippen LogP) is 0.913. The van der Waals surface area contributed by atoms with Gasteiger partial charge in [0.25, 0.3) is 0 Å². The second-order valence-electron chi connectivity index (χ2n) is 2.71. The molecule has 0 saturated heterocycles. The van der Waals surface area contributed by atoms with Crippen LogP contribution in [-0.4, -0.2) is 11.7 Å². The summed E-state index contributed by atoms with van der Waals surface area (Å²) in [4.78, 5) is 22.0. The van der Waals surface area contributed by atoms with Crippen molar-refractivity contribution in [3.8, 4) is 0 Å². The van der Waals surface area contributed by atoms with E-state index < -0.39 is 23.4 Å². The van der Waals surface area contributed by atoms with Crippen molar-refractivity contribution in [2.75, 3.05) is 0 Å². The van der Waals surface area contributed by atoms with E-state index >= 15 is 0 Å². The first-order valence-corrected chi connectivity index (χ1v) is 3.87. The standard InChI is InChI=1S/C8H10FNO2/c1-2-3-5-7(11)6(9)4-10-8(5)12/h4-5H,2-3H2,1H3,(H,10,12). The number of hydrogen-bond donors (Lipinski definition) is 1. The molecule has 0 aromatic rings. The van der Waals surface area contributed by atoms with Gasteiger partial charge >= 0.3 is 0 Å². The monoisotopic (exact) mass is 171 g/mol. The van der Waals surface area contributed by atoms with Gasteiger partial charge in [0.05, 0.1) is 0 Å². The Bertz CT molecular complexity index is 247. The number of hydrogen-bond acceptors (Lipinski definition) is 2. The molecule has 1 aliphatic heterocycles. The molecule has 1 atom stereocenters. The zero-order valence-corrected chi connectivity index (χ0v) is 6.76. The van der Waals surface area contributed by atoms with Gasteiger partial charge in [0.15, 0.2) is 5.83 Å². The first-order valence-electron chi connectivity index (χ1n) is 3.87. The van der Waals surface area contributed by atoms with Gasteiger partial charge in [0.1, 0.15) is 5.92 Å². The topological polar surface area (TPSA) is 46.2 Å². The number of allylic oxidation sites excluding steroid dienone is 1. The molecule has 0 spiro atoms. The summed E-state index contributed by atoms with van der Waals surface area (Å²) in [7, 11) is 0. The summed E-state index contributed by atoms with van der Waals surface area (Å²) >= 11 is 0. The molecule has 4 heteroatoms. The first-order chi connectivity index (χ1) is 5.66. The summed E-state index contributed by atoms with van der Waals surface area (Å²) in [5.41, 5.74) is 0. The molecule has 12 heavy (non-hydrogen) atoms. The molecular formula is C8H10FNO2. The molecule has 1 amide bonds. The smallest absolute Gasteiger partial charge is 0.235 e. The fourth-order valence-electron chi connectivity index (χ4n) is 1.14. The van der Waals surface area contributed by atoms with Crippen LogP contribution in [-0.2, 0) is 9.59 Å². The van der Waals surface area contributed by atoms with Crippen LogP contribution in [0.25, 0.3) is 0 Å². The Hall–Kier alpha value is -1.19. The van der Waals surface area contributed by atoms with Crippen molar-refractivity contribution in [3.63, 3.8) is 0 Å². The quantitative estimate of drug-likeness (QED) is 0.628. The van der Waals surface area contributed by atoms with Crippen molar-refractivity contribution in [1.82, 2.24) is 5.32 Å². The zero-order chi connectivity index (χ0) is 9.14. The highest BCUT2D eigenvalue weighted by Crippen LogP contribution is 2.17. The highest BCUT2D eigenvalue weighted by Gasteiger charge is 2.31. The van der Waals surface area contributed by atoms with Crippen LogP contribution >= 0.6 is 0 Å². The first kappa shape index (κ1) is 8.90. The minimum atomic E-state index is -0.854. The Labute approximate surface area is 69.6 Å². The lowest BCUT2D eigenvalue weighted by Crippen LogP contribution is -2.37. The van der Waals surface area contributed by atoms with Gasteiger partial charge in [-0.1, -0.05) is 13.3 Å². The number of amides is 1. The van der Waals surface area contributed by atoms with Gasteiger partial charge in [-0.2, -0.15) is 0 Å². The normalized spacial score (nSPS) is 23.5.